The molecular formula is C17H31NO6P2S. The van der Waals surface area contributed by atoms with Gasteiger partial charge in [-0.2, -0.15) is 0 Å². The van der Waals surface area contributed by atoms with Gasteiger partial charge in [0.05, 0.1) is 13.2 Å². The second-order valence-electron chi connectivity index (χ2n) is 5.87. The topological polar surface area (TPSA) is 105 Å². The smallest absolute Gasteiger partial charge is 0.323 e. The molecule has 0 aliphatic rings. The zero-order chi connectivity index (χ0) is 20.2. The van der Waals surface area contributed by atoms with E-state index in [0.29, 0.717) is 6.54 Å². The van der Waals surface area contributed by atoms with E-state index in [9.17, 15) is 18.9 Å². The highest BCUT2D eigenvalue weighted by Gasteiger charge is 2.46. The zero-order valence-corrected chi connectivity index (χ0v) is 18.6. The third kappa shape index (κ3) is 9.73. The van der Waals surface area contributed by atoms with Gasteiger partial charge in [0.15, 0.2) is 0 Å². The molecule has 0 saturated carbocycles. The van der Waals surface area contributed by atoms with Crippen LogP contribution < -0.4 is 5.32 Å². The molecule has 0 aliphatic carbocycles. The maximum absolute atomic E-state index is 12.2. The van der Waals surface area contributed by atoms with Crippen molar-refractivity contribution in [3.05, 3.63) is 30.3 Å². The van der Waals surface area contributed by atoms with Crippen molar-refractivity contribution in [3.8, 4) is 0 Å². The highest BCUT2D eigenvalue weighted by molar-refractivity contribution is 7.99. The highest BCUT2D eigenvalue weighted by atomic mass is 32.2. The van der Waals surface area contributed by atoms with Gasteiger partial charge in [0.2, 0.25) is 5.52 Å². The first-order valence-corrected chi connectivity index (χ1v) is 13.5. The summed E-state index contributed by atoms with van der Waals surface area (Å²) < 4.78 is 34.1. The van der Waals surface area contributed by atoms with Gasteiger partial charge in [-0.15, -0.1) is 11.8 Å². The third-order valence-corrected chi connectivity index (χ3v) is 9.36. The van der Waals surface area contributed by atoms with Gasteiger partial charge in [-0.05, 0) is 51.1 Å². The summed E-state index contributed by atoms with van der Waals surface area (Å²) in [5.74, 6) is 1.03. The van der Waals surface area contributed by atoms with E-state index in [4.69, 9.17) is 9.05 Å². The molecule has 1 rings (SSSR count). The van der Waals surface area contributed by atoms with Crippen molar-refractivity contribution < 1.29 is 28.0 Å². The predicted molar refractivity (Wildman–Crippen MR) is 110 cm³/mol. The van der Waals surface area contributed by atoms with Crippen LogP contribution in [0.1, 0.15) is 39.5 Å². The standard InChI is InChI=1S/C17H31NO6P2S/c1-3-23-25(19,20)17(26(21,22)24-4-2)18-14-10-5-6-11-15-27-16-12-8-7-9-13-16/h7-9,12-13,17-18H,3-6,10-11,14-15H2,1-2H3,(H,19,20)(H,21,22). The van der Waals surface area contributed by atoms with Crippen molar-refractivity contribution in [2.24, 2.45) is 0 Å². The average molecular weight is 439 g/mol. The van der Waals surface area contributed by atoms with Crippen LogP contribution in [-0.4, -0.2) is 40.8 Å². The van der Waals surface area contributed by atoms with Crippen LogP contribution in [0, 0.1) is 0 Å². The fourth-order valence-corrected chi connectivity index (χ4v) is 7.00. The molecule has 2 unspecified atom stereocenters. The monoisotopic (exact) mass is 439 g/mol. The largest absolute Gasteiger partial charge is 0.357 e. The number of unbranched alkanes of at least 4 members (excludes halogenated alkanes) is 3. The van der Waals surface area contributed by atoms with E-state index in [1.165, 1.54) is 4.90 Å². The Morgan fingerprint density at radius 2 is 1.52 bits per heavy atom. The van der Waals surface area contributed by atoms with Gasteiger partial charge in [0, 0.05) is 4.90 Å². The van der Waals surface area contributed by atoms with Gasteiger partial charge in [-0.1, -0.05) is 31.0 Å². The lowest BCUT2D eigenvalue weighted by atomic mass is 10.2. The zero-order valence-electron chi connectivity index (χ0n) is 16.0. The lowest BCUT2D eigenvalue weighted by Gasteiger charge is -2.26. The minimum Gasteiger partial charge on any atom is -0.323 e. The fraction of sp³-hybridized carbons (Fsp3) is 0.647. The van der Waals surface area contributed by atoms with Gasteiger partial charge in [-0.25, -0.2) is 0 Å². The Balaban J connectivity index is 2.32. The normalized spacial score (nSPS) is 17.2. The lowest BCUT2D eigenvalue weighted by Crippen LogP contribution is -2.31. The fourth-order valence-electron chi connectivity index (χ4n) is 2.44. The van der Waals surface area contributed by atoms with Crippen molar-refractivity contribution in [2.75, 3.05) is 25.5 Å². The number of hydrogen-bond acceptors (Lipinski definition) is 6. The third-order valence-electron chi connectivity index (χ3n) is 3.66. The highest BCUT2D eigenvalue weighted by Crippen LogP contribution is 2.63. The summed E-state index contributed by atoms with van der Waals surface area (Å²) in [6.07, 6.45) is 3.74. The first kappa shape index (κ1) is 24.9. The van der Waals surface area contributed by atoms with Crippen LogP contribution >= 0.6 is 27.0 Å². The summed E-state index contributed by atoms with van der Waals surface area (Å²) in [5, 5.41) is 2.71. The Morgan fingerprint density at radius 3 is 2.07 bits per heavy atom. The van der Waals surface area contributed by atoms with Crippen LogP contribution in [0.2, 0.25) is 0 Å². The Labute approximate surface area is 166 Å². The van der Waals surface area contributed by atoms with Crippen molar-refractivity contribution in [2.45, 2.75) is 50.0 Å². The molecule has 0 radical (unpaired) electrons. The van der Waals surface area contributed by atoms with Gasteiger partial charge < -0.3 is 18.8 Å². The second kappa shape index (κ2) is 13.1. The second-order valence-corrected chi connectivity index (χ2v) is 11.2. The van der Waals surface area contributed by atoms with Crippen LogP contribution in [0.4, 0.5) is 0 Å². The summed E-state index contributed by atoms with van der Waals surface area (Å²) in [6, 6.07) is 10.2. The van der Waals surface area contributed by atoms with Crippen LogP contribution in [-0.2, 0) is 18.2 Å². The Morgan fingerprint density at radius 1 is 0.963 bits per heavy atom. The van der Waals surface area contributed by atoms with E-state index in [2.05, 4.69) is 17.4 Å². The number of nitrogens with one attached hydrogen (secondary N) is 1. The molecule has 0 bridgehead atoms. The van der Waals surface area contributed by atoms with Crippen LogP contribution in [0.15, 0.2) is 35.2 Å². The molecule has 0 fully saturated rings. The number of hydrogen-bond donors (Lipinski definition) is 3. The van der Waals surface area contributed by atoms with Crippen molar-refractivity contribution in [1.29, 1.82) is 0 Å². The summed E-state index contributed by atoms with van der Waals surface area (Å²) >= 11 is 1.82. The summed E-state index contributed by atoms with van der Waals surface area (Å²) in [6.45, 7) is 3.38. The van der Waals surface area contributed by atoms with Crippen LogP contribution in [0.5, 0.6) is 0 Å². The van der Waals surface area contributed by atoms with Crippen molar-refractivity contribution in [1.82, 2.24) is 5.32 Å². The van der Waals surface area contributed by atoms with Gasteiger partial charge in [-0.3, -0.25) is 14.4 Å². The molecule has 0 amide bonds. The Bertz CT molecular complexity index is 593. The molecule has 0 aliphatic heterocycles. The minimum atomic E-state index is -4.31. The molecular weight excluding hydrogens is 408 g/mol. The summed E-state index contributed by atoms with van der Waals surface area (Å²) in [7, 11) is -8.61. The van der Waals surface area contributed by atoms with E-state index in [1.807, 2.05) is 30.0 Å². The molecule has 0 saturated heterocycles. The van der Waals surface area contributed by atoms with E-state index in [0.717, 1.165) is 31.4 Å². The maximum Gasteiger partial charge on any atom is 0.357 e. The van der Waals surface area contributed by atoms with E-state index >= 15 is 0 Å². The molecule has 2 atom stereocenters. The SMILES string of the molecule is CCOP(=O)(O)C(NCCCCCCSc1ccccc1)P(=O)(O)OCC. The molecule has 1 aromatic carbocycles. The molecule has 0 spiro atoms. The molecule has 10 heteroatoms. The lowest BCUT2D eigenvalue weighted by molar-refractivity contribution is 0.241. The molecule has 7 nitrogen and oxygen atoms in total. The maximum atomic E-state index is 12.2. The minimum absolute atomic E-state index is 0.0306. The Hall–Kier alpha value is -0.170. The molecule has 1 aromatic rings. The van der Waals surface area contributed by atoms with Gasteiger partial charge in [0.25, 0.3) is 0 Å². The molecule has 0 aromatic heterocycles. The van der Waals surface area contributed by atoms with Crippen LogP contribution in [0.3, 0.4) is 0 Å². The summed E-state index contributed by atoms with van der Waals surface area (Å²) in [5.41, 5.74) is -1.63. The Kier molecular flexibility index (Phi) is 12.1. The van der Waals surface area contributed by atoms with Gasteiger partial charge >= 0.3 is 15.2 Å². The first-order chi connectivity index (χ1) is 12.8. The van der Waals surface area contributed by atoms with Crippen LogP contribution in [0.25, 0.3) is 0 Å². The van der Waals surface area contributed by atoms with Gasteiger partial charge in [0.1, 0.15) is 0 Å². The predicted octanol–water partition coefficient (Wildman–Crippen LogP) is 4.66. The number of thioether (sulfide) groups is 1. The number of rotatable bonds is 15. The molecule has 3 N–H and O–H groups in total. The van der Waals surface area contributed by atoms with E-state index in [1.54, 1.807) is 13.8 Å². The molecule has 156 valence electrons. The summed E-state index contributed by atoms with van der Waals surface area (Å²) in [4.78, 5) is 21.2. The van der Waals surface area contributed by atoms with Crippen molar-refractivity contribution >= 4 is 27.0 Å². The van der Waals surface area contributed by atoms with E-state index in [-0.39, 0.29) is 13.2 Å². The quantitative estimate of drug-likeness (QED) is 0.206. The average Bonchev–Trinajstić information content (AvgIpc) is 2.60. The van der Waals surface area contributed by atoms with Crippen molar-refractivity contribution in [3.63, 3.8) is 0 Å². The first-order valence-electron chi connectivity index (χ1n) is 9.18. The van der Waals surface area contributed by atoms with E-state index < -0.39 is 20.7 Å². The number of benzene rings is 1. The molecule has 0 heterocycles. The molecule has 27 heavy (non-hydrogen) atoms.